The summed E-state index contributed by atoms with van der Waals surface area (Å²) in [6.45, 7) is 1.39. The van der Waals surface area contributed by atoms with Crippen molar-refractivity contribution in [3.05, 3.63) is 40.4 Å². The molecule has 0 aliphatic rings. The van der Waals surface area contributed by atoms with Crippen molar-refractivity contribution >= 4 is 15.9 Å². The lowest BCUT2D eigenvalue weighted by atomic mass is 10.2. The van der Waals surface area contributed by atoms with E-state index in [1.54, 1.807) is 7.11 Å². The van der Waals surface area contributed by atoms with Gasteiger partial charge in [-0.25, -0.2) is 4.98 Å². The fourth-order valence-electron chi connectivity index (χ4n) is 1.45. The van der Waals surface area contributed by atoms with Crippen LogP contribution >= 0.6 is 15.9 Å². The van der Waals surface area contributed by atoms with Crippen molar-refractivity contribution in [1.82, 2.24) is 20.5 Å². The van der Waals surface area contributed by atoms with E-state index in [2.05, 4.69) is 36.4 Å². The number of hydrogen-bond donors (Lipinski definition) is 2. The van der Waals surface area contributed by atoms with E-state index in [0.717, 1.165) is 28.2 Å². The lowest BCUT2D eigenvalue weighted by Crippen LogP contribution is -2.14. The van der Waals surface area contributed by atoms with E-state index >= 15 is 0 Å². The summed E-state index contributed by atoms with van der Waals surface area (Å²) in [6, 6.07) is 5.89. The lowest BCUT2D eigenvalue weighted by Gasteiger charge is -2.07. The Labute approximate surface area is 108 Å². The maximum atomic E-state index is 5.18. The summed E-state index contributed by atoms with van der Waals surface area (Å²) in [5.74, 6) is 1.67. The van der Waals surface area contributed by atoms with Gasteiger partial charge in [-0.1, -0.05) is 15.9 Å². The van der Waals surface area contributed by atoms with Gasteiger partial charge in [0.05, 0.1) is 13.7 Å². The first-order valence-corrected chi connectivity index (χ1v) is 5.96. The highest BCUT2D eigenvalue weighted by Gasteiger charge is 2.02. The zero-order valence-electron chi connectivity index (χ0n) is 9.40. The SMILES string of the molecule is COc1ccc(Br)c(CNCc2ncn[nH]2)c1. The van der Waals surface area contributed by atoms with Crippen molar-refractivity contribution in [3.63, 3.8) is 0 Å². The molecule has 1 aromatic heterocycles. The molecular weight excluding hydrogens is 284 g/mol. The molecule has 90 valence electrons. The maximum Gasteiger partial charge on any atom is 0.138 e. The van der Waals surface area contributed by atoms with Crippen LogP contribution in [0.4, 0.5) is 0 Å². The summed E-state index contributed by atoms with van der Waals surface area (Å²) in [5.41, 5.74) is 1.14. The predicted molar refractivity (Wildman–Crippen MR) is 67.6 cm³/mol. The topological polar surface area (TPSA) is 62.8 Å². The van der Waals surface area contributed by atoms with Gasteiger partial charge in [0, 0.05) is 11.0 Å². The average molecular weight is 297 g/mol. The van der Waals surface area contributed by atoms with Gasteiger partial charge in [0.2, 0.25) is 0 Å². The van der Waals surface area contributed by atoms with Gasteiger partial charge in [-0.3, -0.25) is 5.10 Å². The molecule has 0 amide bonds. The van der Waals surface area contributed by atoms with Gasteiger partial charge in [-0.15, -0.1) is 0 Å². The third-order valence-corrected chi connectivity index (χ3v) is 3.10. The second kappa shape index (κ2) is 5.79. The monoisotopic (exact) mass is 296 g/mol. The van der Waals surface area contributed by atoms with E-state index in [9.17, 15) is 0 Å². The van der Waals surface area contributed by atoms with Crippen molar-refractivity contribution in [2.24, 2.45) is 0 Å². The van der Waals surface area contributed by atoms with E-state index in [0.29, 0.717) is 6.54 Å². The first-order valence-electron chi connectivity index (χ1n) is 5.17. The van der Waals surface area contributed by atoms with Crippen LogP contribution in [0.1, 0.15) is 11.4 Å². The van der Waals surface area contributed by atoms with Crippen molar-refractivity contribution in [2.75, 3.05) is 7.11 Å². The largest absolute Gasteiger partial charge is 0.497 e. The third-order valence-electron chi connectivity index (χ3n) is 2.33. The zero-order chi connectivity index (χ0) is 12.1. The molecular formula is C11H13BrN4O. The van der Waals surface area contributed by atoms with Gasteiger partial charge in [0.15, 0.2) is 0 Å². The second-order valence-electron chi connectivity index (χ2n) is 3.49. The van der Waals surface area contributed by atoms with E-state index in [1.807, 2.05) is 18.2 Å². The molecule has 0 aliphatic carbocycles. The molecule has 0 saturated heterocycles. The molecule has 0 spiro atoms. The van der Waals surface area contributed by atoms with Crippen LogP contribution in [0.15, 0.2) is 29.0 Å². The highest BCUT2D eigenvalue weighted by Crippen LogP contribution is 2.22. The molecule has 0 atom stereocenters. The number of aromatic amines is 1. The van der Waals surface area contributed by atoms with E-state index in [1.165, 1.54) is 6.33 Å². The number of methoxy groups -OCH3 is 1. The number of ether oxygens (including phenoxy) is 1. The van der Waals surface area contributed by atoms with Crippen molar-refractivity contribution < 1.29 is 4.74 Å². The number of aromatic nitrogens is 3. The van der Waals surface area contributed by atoms with Gasteiger partial charge in [-0.2, -0.15) is 5.10 Å². The molecule has 5 nitrogen and oxygen atoms in total. The second-order valence-corrected chi connectivity index (χ2v) is 4.35. The summed E-state index contributed by atoms with van der Waals surface area (Å²) in [4.78, 5) is 4.04. The number of nitrogens with zero attached hydrogens (tertiary/aromatic N) is 2. The molecule has 6 heteroatoms. The van der Waals surface area contributed by atoms with Crippen LogP contribution in [0.5, 0.6) is 5.75 Å². The van der Waals surface area contributed by atoms with E-state index < -0.39 is 0 Å². The molecule has 17 heavy (non-hydrogen) atoms. The fourth-order valence-corrected chi connectivity index (χ4v) is 1.83. The Morgan fingerprint density at radius 3 is 3.00 bits per heavy atom. The highest BCUT2D eigenvalue weighted by atomic mass is 79.9. The zero-order valence-corrected chi connectivity index (χ0v) is 11.0. The number of nitrogens with one attached hydrogen (secondary N) is 2. The van der Waals surface area contributed by atoms with Gasteiger partial charge in [-0.05, 0) is 23.8 Å². The number of halogens is 1. The van der Waals surface area contributed by atoms with Crippen LogP contribution in [0.2, 0.25) is 0 Å². The number of rotatable bonds is 5. The number of benzene rings is 1. The number of H-pyrrole nitrogens is 1. The average Bonchev–Trinajstić information content (AvgIpc) is 2.84. The molecule has 0 radical (unpaired) electrons. The quantitative estimate of drug-likeness (QED) is 0.884. The number of hydrogen-bond acceptors (Lipinski definition) is 4. The van der Waals surface area contributed by atoms with Gasteiger partial charge >= 0.3 is 0 Å². The lowest BCUT2D eigenvalue weighted by molar-refractivity contribution is 0.414. The normalized spacial score (nSPS) is 10.5. The van der Waals surface area contributed by atoms with Gasteiger partial charge < -0.3 is 10.1 Å². The summed E-state index contributed by atoms with van der Waals surface area (Å²) in [6.07, 6.45) is 1.50. The molecule has 2 N–H and O–H groups in total. The minimum Gasteiger partial charge on any atom is -0.497 e. The Balaban J connectivity index is 1.94. The Morgan fingerprint density at radius 1 is 1.41 bits per heavy atom. The minimum absolute atomic E-state index is 0.656. The molecule has 1 aromatic carbocycles. The molecule has 2 rings (SSSR count). The molecule has 0 bridgehead atoms. The molecule has 0 aliphatic heterocycles. The molecule has 2 aromatic rings. The molecule has 0 saturated carbocycles. The van der Waals surface area contributed by atoms with Crippen molar-refractivity contribution in [3.8, 4) is 5.75 Å². The summed E-state index contributed by atoms with van der Waals surface area (Å²) >= 11 is 3.51. The fraction of sp³-hybridized carbons (Fsp3) is 0.273. The van der Waals surface area contributed by atoms with Crippen molar-refractivity contribution in [1.29, 1.82) is 0 Å². The Kier molecular flexibility index (Phi) is 4.11. The Bertz CT molecular complexity index is 472. The molecule has 0 unspecified atom stereocenters. The van der Waals surface area contributed by atoms with Gasteiger partial charge in [0.25, 0.3) is 0 Å². The molecule has 1 heterocycles. The first-order chi connectivity index (χ1) is 8.29. The first kappa shape index (κ1) is 12.1. The standard InChI is InChI=1S/C11H13BrN4O/c1-17-9-2-3-10(12)8(4-9)5-13-6-11-14-7-15-16-11/h2-4,7,13H,5-6H2,1H3,(H,14,15,16). The summed E-state index contributed by atoms with van der Waals surface area (Å²) in [7, 11) is 1.66. The molecule has 0 fully saturated rings. The van der Waals surface area contributed by atoms with Gasteiger partial charge in [0.1, 0.15) is 17.9 Å². The third kappa shape index (κ3) is 3.28. The maximum absolute atomic E-state index is 5.18. The predicted octanol–water partition coefficient (Wildman–Crippen LogP) is 1.87. The van der Waals surface area contributed by atoms with E-state index in [-0.39, 0.29) is 0 Å². The van der Waals surface area contributed by atoms with Crippen LogP contribution in [-0.4, -0.2) is 22.3 Å². The van der Waals surface area contributed by atoms with E-state index in [4.69, 9.17) is 4.74 Å². The summed E-state index contributed by atoms with van der Waals surface area (Å²) < 4.78 is 6.24. The van der Waals surface area contributed by atoms with Crippen molar-refractivity contribution in [2.45, 2.75) is 13.1 Å². The smallest absolute Gasteiger partial charge is 0.138 e. The minimum atomic E-state index is 0.656. The van der Waals surface area contributed by atoms with Crippen LogP contribution in [-0.2, 0) is 13.1 Å². The Hall–Kier alpha value is -1.40. The van der Waals surface area contributed by atoms with Crippen LogP contribution < -0.4 is 10.1 Å². The van der Waals surface area contributed by atoms with Crippen LogP contribution in [0.3, 0.4) is 0 Å². The highest BCUT2D eigenvalue weighted by molar-refractivity contribution is 9.10. The van der Waals surface area contributed by atoms with Crippen LogP contribution in [0.25, 0.3) is 0 Å². The van der Waals surface area contributed by atoms with Crippen LogP contribution in [0, 0.1) is 0 Å². The Morgan fingerprint density at radius 2 is 2.29 bits per heavy atom. The summed E-state index contributed by atoms with van der Waals surface area (Å²) in [5, 5.41) is 9.86.